The van der Waals surface area contributed by atoms with Crippen LogP contribution in [0.25, 0.3) is 0 Å². The third kappa shape index (κ3) is 9.83. The van der Waals surface area contributed by atoms with Gasteiger partial charge in [0.15, 0.2) is 6.23 Å². The highest BCUT2D eigenvalue weighted by Crippen LogP contribution is 2.46. The normalized spacial score (nSPS) is 23.0. The fourth-order valence-corrected chi connectivity index (χ4v) is 5.76. The van der Waals surface area contributed by atoms with E-state index < -0.39 is 35.3 Å². The minimum atomic E-state index is -0.856. The first-order valence-corrected chi connectivity index (χ1v) is 16.0. The highest BCUT2D eigenvalue weighted by atomic mass is 16.6. The van der Waals surface area contributed by atoms with Gasteiger partial charge in [-0.15, -0.1) is 0 Å². The monoisotopic (exact) mass is 573 g/mol. The summed E-state index contributed by atoms with van der Waals surface area (Å²) in [6.45, 7) is 4.52. The van der Waals surface area contributed by atoms with Gasteiger partial charge in [0.25, 0.3) is 5.56 Å². The van der Waals surface area contributed by atoms with Gasteiger partial charge < -0.3 is 19.9 Å². The number of hydrogen-bond acceptors (Lipinski definition) is 6. The lowest BCUT2D eigenvalue weighted by atomic mass is 9.96. The smallest absolute Gasteiger partial charge is 0.330 e. The highest BCUT2D eigenvalue weighted by molar-refractivity contribution is 5.76. The molecule has 2 saturated heterocycles. The molecule has 1 aromatic rings. The fraction of sp³-hybridized carbons (Fsp3) is 0.781. The van der Waals surface area contributed by atoms with Crippen LogP contribution in [0, 0.1) is 11.8 Å². The number of aliphatic hydroxyl groups is 1. The quantitative estimate of drug-likeness (QED) is 0.163. The predicted molar refractivity (Wildman–Crippen MR) is 160 cm³/mol. The molecule has 3 N–H and O–H groups in total. The average molecular weight is 574 g/mol. The molecular weight excluding hydrogens is 522 g/mol. The number of nitrogens with one attached hydrogen (secondary N) is 2. The zero-order chi connectivity index (χ0) is 29.5. The number of aliphatic hydroxyl groups excluding tert-OH is 1. The van der Waals surface area contributed by atoms with Crippen LogP contribution in [0.3, 0.4) is 0 Å². The van der Waals surface area contributed by atoms with E-state index in [0.29, 0.717) is 12.8 Å². The van der Waals surface area contributed by atoms with E-state index in [1.165, 1.54) is 87.8 Å². The standard InChI is InChI=1S/C32H51N3O6/c1-3-5-6-7-8-9-10-11-12-13-14-15-16-17-18-21-26(36)33-22-19-20-25-23-35(31(39)34-29(25)38)30-27-28(37)32(4-2,41-30)24-40-27/h23,27-28,30,37H,3-18,21-22,24H2,1-2H3,(H,33,36)(H,34,38,39)/t27-,28?,30-,32-/m1/s1. The molecule has 9 nitrogen and oxygen atoms in total. The van der Waals surface area contributed by atoms with Crippen LogP contribution in [0.5, 0.6) is 0 Å². The minimum Gasteiger partial charge on any atom is -0.387 e. The molecular formula is C32H51N3O6. The van der Waals surface area contributed by atoms with Gasteiger partial charge in [-0.1, -0.05) is 116 Å². The third-order valence-corrected chi connectivity index (χ3v) is 8.45. The maximum atomic E-state index is 12.4. The highest BCUT2D eigenvalue weighted by Gasteiger charge is 2.60. The van der Waals surface area contributed by atoms with Gasteiger partial charge in [0.1, 0.15) is 23.4 Å². The number of aromatic amines is 1. The summed E-state index contributed by atoms with van der Waals surface area (Å²) < 4.78 is 12.9. The molecule has 2 aliphatic heterocycles. The van der Waals surface area contributed by atoms with Crippen molar-refractivity contribution in [3.05, 3.63) is 32.6 Å². The van der Waals surface area contributed by atoms with Crippen LogP contribution in [0.15, 0.2) is 15.8 Å². The average Bonchev–Trinajstić information content (AvgIpc) is 3.43. The summed E-state index contributed by atoms with van der Waals surface area (Å²) in [5, 5.41) is 13.3. The molecule has 9 heteroatoms. The predicted octanol–water partition coefficient (Wildman–Crippen LogP) is 4.70. The molecule has 2 fully saturated rings. The number of carbonyl (C=O) groups excluding carboxylic acids is 1. The van der Waals surface area contributed by atoms with Crippen LogP contribution < -0.4 is 16.6 Å². The van der Waals surface area contributed by atoms with E-state index in [1.54, 1.807) is 0 Å². The van der Waals surface area contributed by atoms with Gasteiger partial charge in [-0.25, -0.2) is 4.79 Å². The molecule has 41 heavy (non-hydrogen) atoms. The first kappa shape index (κ1) is 33.1. The number of rotatable bonds is 19. The summed E-state index contributed by atoms with van der Waals surface area (Å²) in [5.74, 6) is 5.46. The molecule has 3 heterocycles. The maximum absolute atomic E-state index is 12.4. The summed E-state index contributed by atoms with van der Waals surface area (Å²) in [5.41, 5.74) is -2.05. The Bertz CT molecular complexity index is 1120. The maximum Gasteiger partial charge on any atom is 0.330 e. The zero-order valence-corrected chi connectivity index (χ0v) is 25.2. The first-order valence-electron chi connectivity index (χ1n) is 16.0. The van der Waals surface area contributed by atoms with E-state index >= 15 is 0 Å². The van der Waals surface area contributed by atoms with Crippen molar-refractivity contribution in [2.75, 3.05) is 13.2 Å². The molecule has 0 aromatic carbocycles. The van der Waals surface area contributed by atoms with Crippen LogP contribution in [0.4, 0.5) is 0 Å². The number of amides is 1. The van der Waals surface area contributed by atoms with Crippen LogP contribution >= 0.6 is 0 Å². The molecule has 0 radical (unpaired) electrons. The number of nitrogens with zero attached hydrogens (tertiary/aromatic N) is 1. The Morgan fingerprint density at radius 1 is 1.00 bits per heavy atom. The first-order chi connectivity index (χ1) is 19.9. The summed E-state index contributed by atoms with van der Waals surface area (Å²) in [4.78, 5) is 39.1. The van der Waals surface area contributed by atoms with Crippen molar-refractivity contribution in [3.63, 3.8) is 0 Å². The Morgan fingerprint density at radius 2 is 1.59 bits per heavy atom. The molecule has 1 unspecified atom stereocenters. The lowest BCUT2D eigenvalue weighted by molar-refractivity contribution is -0.175. The number of fused-ring (bicyclic) bond motifs is 2. The number of hydrogen-bond donors (Lipinski definition) is 3. The molecule has 1 aromatic heterocycles. The van der Waals surface area contributed by atoms with E-state index in [9.17, 15) is 19.5 Å². The van der Waals surface area contributed by atoms with Crippen molar-refractivity contribution in [2.24, 2.45) is 0 Å². The molecule has 0 aliphatic carbocycles. The molecule has 0 saturated carbocycles. The number of unbranched alkanes of at least 4 members (excludes halogenated alkanes) is 14. The van der Waals surface area contributed by atoms with Crippen molar-refractivity contribution >= 4 is 5.91 Å². The van der Waals surface area contributed by atoms with E-state index in [2.05, 4.69) is 29.1 Å². The summed E-state index contributed by atoms with van der Waals surface area (Å²) in [7, 11) is 0. The SMILES string of the molecule is CCCCCCCCCCCCCCCCCC(=O)NCC#Cc1cn([C@@H]2O[C@]3(CC)CO[C@@H]2C3O)c(=O)[nH]c1=O. The topological polar surface area (TPSA) is 123 Å². The van der Waals surface area contributed by atoms with Crippen LogP contribution in [-0.4, -0.2) is 51.5 Å². The van der Waals surface area contributed by atoms with Crippen molar-refractivity contribution in [1.82, 2.24) is 14.9 Å². The molecule has 4 atom stereocenters. The Hall–Kier alpha value is -2.41. The molecule has 0 spiro atoms. The molecule has 2 aliphatic rings. The minimum absolute atomic E-state index is 0.0562. The van der Waals surface area contributed by atoms with Crippen LogP contribution in [-0.2, 0) is 14.3 Å². The largest absolute Gasteiger partial charge is 0.387 e. The summed E-state index contributed by atoms with van der Waals surface area (Å²) in [6.07, 6.45) is 19.2. The van der Waals surface area contributed by atoms with Gasteiger partial charge in [-0.3, -0.25) is 19.1 Å². The van der Waals surface area contributed by atoms with Gasteiger partial charge in [-0.05, 0) is 12.8 Å². The molecule has 2 bridgehead atoms. The van der Waals surface area contributed by atoms with Gasteiger partial charge in [-0.2, -0.15) is 0 Å². The lowest BCUT2D eigenvalue weighted by Crippen LogP contribution is -2.41. The van der Waals surface area contributed by atoms with E-state index in [4.69, 9.17) is 9.47 Å². The number of ether oxygens (including phenoxy) is 2. The van der Waals surface area contributed by atoms with Crippen LogP contribution in [0.1, 0.15) is 135 Å². The number of carbonyl (C=O) groups is 1. The van der Waals surface area contributed by atoms with Crippen LogP contribution in [0.2, 0.25) is 0 Å². The third-order valence-electron chi connectivity index (χ3n) is 8.45. The number of H-pyrrole nitrogens is 1. The Kier molecular flexibility index (Phi) is 14.1. The van der Waals surface area contributed by atoms with Gasteiger partial charge in [0, 0.05) is 12.6 Å². The van der Waals surface area contributed by atoms with E-state index in [-0.39, 0.29) is 24.6 Å². The van der Waals surface area contributed by atoms with Gasteiger partial charge >= 0.3 is 5.69 Å². The van der Waals surface area contributed by atoms with Crippen molar-refractivity contribution in [3.8, 4) is 11.8 Å². The lowest BCUT2D eigenvalue weighted by Gasteiger charge is -2.30. The second-order valence-corrected chi connectivity index (χ2v) is 11.6. The van der Waals surface area contributed by atoms with Crippen molar-refractivity contribution in [1.29, 1.82) is 0 Å². The fourth-order valence-electron chi connectivity index (χ4n) is 5.76. The Labute approximate surface area is 244 Å². The molecule has 230 valence electrons. The zero-order valence-electron chi connectivity index (χ0n) is 25.2. The molecule has 3 rings (SSSR count). The summed E-state index contributed by atoms with van der Waals surface area (Å²) in [6, 6.07) is 0. The molecule has 1 amide bonds. The number of aromatic nitrogens is 2. The van der Waals surface area contributed by atoms with Crippen molar-refractivity contribution in [2.45, 2.75) is 147 Å². The Morgan fingerprint density at radius 3 is 2.15 bits per heavy atom. The van der Waals surface area contributed by atoms with Gasteiger partial charge in [0.2, 0.25) is 5.91 Å². The summed E-state index contributed by atoms with van der Waals surface area (Å²) >= 11 is 0. The second kappa shape index (κ2) is 17.5. The van der Waals surface area contributed by atoms with E-state index in [1.807, 2.05) is 6.92 Å². The van der Waals surface area contributed by atoms with Crippen molar-refractivity contribution < 1.29 is 19.4 Å². The van der Waals surface area contributed by atoms with E-state index in [0.717, 1.165) is 19.3 Å². The Balaban J connectivity index is 1.26. The van der Waals surface area contributed by atoms with Gasteiger partial charge in [0.05, 0.1) is 13.2 Å². The second-order valence-electron chi connectivity index (χ2n) is 11.6.